The van der Waals surface area contributed by atoms with Gasteiger partial charge in [0.2, 0.25) is 5.91 Å². The summed E-state index contributed by atoms with van der Waals surface area (Å²) in [6.45, 7) is 6.27. The number of carbonyl (C=O) groups is 1. The fraction of sp³-hybridized carbons (Fsp3) is 0.533. The van der Waals surface area contributed by atoms with Crippen LogP contribution in [0.25, 0.3) is 0 Å². The van der Waals surface area contributed by atoms with E-state index in [4.69, 9.17) is 4.74 Å². The predicted octanol–water partition coefficient (Wildman–Crippen LogP) is 1.72. The van der Waals surface area contributed by atoms with E-state index in [-0.39, 0.29) is 5.91 Å². The van der Waals surface area contributed by atoms with Crippen LogP contribution in [0.2, 0.25) is 0 Å². The third-order valence-electron chi connectivity index (χ3n) is 3.53. The molecule has 0 spiro atoms. The Labute approximate surface area is 114 Å². The van der Waals surface area contributed by atoms with Crippen molar-refractivity contribution in [1.82, 2.24) is 10.6 Å². The van der Waals surface area contributed by atoms with Crippen molar-refractivity contribution in [2.75, 3.05) is 7.11 Å². The standard InChI is InChI=1S/C15H22N2O2/c1-15(2,19-3)7-14(18)17-8-11-4-5-12-9-16-10-13(12)6-11/h4-6,16H,7-10H2,1-3H3,(H,17,18). The minimum absolute atomic E-state index is 0.0190. The summed E-state index contributed by atoms with van der Waals surface area (Å²) in [7, 11) is 1.63. The first-order chi connectivity index (χ1) is 9.00. The van der Waals surface area contributed by atoms with Crippen molar-refractivity contribution in [3.05, 3.63) is 34.9 Å². The molecule has 4 heteroatoms. The van der Waals surface area contributed by atoms with Gasteiger partial charge in [0.1, 0.15) is 0 Å². The molecule has 0 saturated heterocycles. The second-order valence-corrected chi connectivity index (χ2v) is 5.62. The molecule has 0 radical (unpaired) electrons. The molecule has 4 nitrogen and oxygen atoms in total. The van der Waals surface area contributed by atoms with Crippen LogP contribution in [-0.4, -0.2) is 18.6 Å². The number of methoxy groups -OCH3 is 1. The Morgan fingerprint density at radius 1 is 1.37 bits per heavy atom. The largest absolute Gasteiger partial charge is 0.378 e. The van der Waals surface area contributed by atoms with Crippen LogP contribution in [0.15, 0.2) is 18.2 Å². The smallest absolute Gasteiger partial charge is 0.223 e. The second-order valence-electron chi connectivity index (χ2n) is 5.62. The molecule has 1 amide bonds. The van der Waals surface area contributed by atoms with Gasteiger partial charge in [0, 0.05) is 26.7 Å². The lowest BCUT2D eigenvalue weighted by Gasteiger charge is -2.21. The van der Waals surface area contributed by atoms with E-state index in [0.717, 1.165) is 18.7 Å². The molecule has 104 valence electrons. The Balaban J connectivity index is 1.87. The zero-order valence-electron chi connectivity index (χ0n) is 11.9. The molecule has 2 N–H and O–H groups in total. The van der Waals surface area contributed by atoms with Crippen LogP contribution in [0.5, 0.6) is 0 Å². The lowest BCUT2D eigenvalue weighted by atomic mass is 10.0. The van der Waals surface area contributed by atoms with E-state index in [2.05, 4.69) is 28.8 Å². The van der Waals surface area contributed by atoms with Gasteiger partial charge in [0.25, 0.3) is 0 Å². The Morgan fingerprint density at radius 2 is 2.11 bits per heavy atom. The summed E-state index contributed by atoms with van der Waals surface area (Å²) in [5.41, 5.74) is 3.43. The van der Waals surface area contributed by atoms with Crippen molar-refractivity contribution in [2.24, 2.45) is 0 Å². The zero-order valence-corrected chi connectivity index (χ0v) is 11.9. The fourth-order valence-corrected chi connectivity index (χ4v) is 2.18. The molecule has 0 unspecified atom stereocenters. The van der Waals surface area contributed by atoms with Gasteiger partial charge >= 0.3 is 0 Å². The number of rotatable bonds is 5. The molecule has 2 rings (SSSR count). The van der Waals surface area contributed by atoms with Crippen molar-refractivity contribution in [3.63, 3.8) is 0 Å². The summed E-state index contributed by atoms with van der Waals surface area (Å²) in [6.07, 6.45) is 0.371. The lowest BCUT2D eigenvalue weighted by Crippen LogP contribution is -2.33. The van der Waals surface area contributed by atoms with E-state index in [1.54, 1.807) is 7.11 Å². The van der Waals surface area contributed by atoms with Crippen molar-refractivity contribution in [1.29, 1.82) is 0 Å². The first kappa shape index (κ1) is 14.0. The number of amides is 1. The molecule has 19 heavy (non-hydrogen) atoms. The predicted molar refractivity (Wildman–Crippen MR) is 74.5 cm³/mol. The van der Waals surface area contributed by atoms with Crippen LogP contribution >= 0.6 is 0 Å². The van der Waals surface area contributed by atoms with Gasteiger partial charge in [-0.1, -0.05) is 18.2 Å². The Bertz CT molecular complexity index is 469. The molecule has 0 aliphatic carbocycles. The van der Waals surface area contributed by atoms with Gasteiger partial charge in [-0.2, -0.15) is 0 Å². The molecular weight excluding hydrogens is 240 g/mol. The minimum atomic E-state index is -0.411. The summed E-state index contributed by atoms with van der Waals surface area (Å²) < 4.78 is 5.25. The van der Waals surface area contributed by atoms with Crippen molar-refractivity contribution >= 4 is 5.91 Å². The maximum absolute atomic E-state index is 11.8. The van der Waals surface area contributed by atoms with E-state index in [0.29, 0.717) is 13.0 Å². The second kappa shape index (κ2) is 5.72. The first-order valence-electron chi connectivity index (χ1n) is 6.63. The molecule has 1 aromatic rings. The number of carbonyl (C=O) groups excluding carboxylic acids is 1. The lowest BCUT2D eigenvalue weighted by molar-refractivity contribution is -0.126. The van der Waals surface area contributed by atoms with Gasteiger partial charge in [-0.3, -0.25) is 4.79 Å². The Hall–Kier alpha value is -1.39. The number of fused-ring (bicyclic) bond motifs is 1. The highest BCUT2D eigenvalue weighted by atomic mass is 16.5. The minimum Gasteiger partial charge on any atom is -0.378 e. The summed E-state index contributed by atoms with van der Waals surface area (Å²) in [5, 5.41) is 6.26. The highest BCUT2D eigenvalue weighted by Gasteiger charge is 2.20. The molecule has 1 aliphatic rings. The van der Waals surface area contributed by atoms with E-state index in [1.807, 2.05) is 13.8 Å². The van der Waals surface area contributed by atoms with Gasteiger partial charge in [-0.15, -0.1) is 0 Å². The van der Waals surface area contributed by atoms with Crippen LogP contribution in [0, 0.1) is 0 Å². The first-order valence-corrected chi connectivity index (χ1v) is 6.63. The van der Waals surface area contributed by atoms with E-state index in [9.17, 15) is 4.79 Å². The normalized spacial score (nSPS) is 14.3. The molecule has 0 saturated carbocycles. The quantitative estimate of drug-likeness (QED) is 0.849. The summed E-state index contributed by atoms with van der Waals surface area (Å²) in [4.78, 5) is 11.8. The average Bonchev–Trinajstić information content (AvgIpc) is 2.83. The van der Waals surface area contributed by atoms with Crippen LogP contribution in [0.1, 0.15) is 37.0 Å². The summed E-state index contributed by atoms with van der Waals surface area (Å²) in [6, 6.07) is 6.38. The number of ether oxygens (including phenoxy) is 1. The van der Waals surface area contributed by atoms with Crippen molar-refractivity contribution in [3.8, 4) is 0 Å². The van der Waals surface area contributed by atoms with Crippen LogP contribution in [0.4, 0.5) is 0 Å². The van der Waals surface area contributed by atoms with Gasteiger partial charge < -0.3 is 15.4 Å². The Morgan fingerprint density at radius 3 is 2.84 bits per heavy atom. The molecule has 1 heterocycles. The van der Waals surface area contributed by atoms with Gasteiger partial charge in [-0.25, -0.2) is 0 Å². The van der Waals surface area contributed by atoms with Gasteiger partial charge in [-0.05, 0) is 30.5 Å². The molecule has 0 bridgehead atoms. The van der Waals surface area contributed by atoms with E-state index >= 15 is 0 Å². The Kier molecular flexibility index (Phi) is 4.22. The van der Waals surface area contributed by atoms with Crippen molar-refractivity contribution in [2.45, 2.75) is 45.5 Å². The van der Waals surface area contributed by atoms with E-state index in [1.165, 1.54) is 11.1 Å². The van der Waals surface area contributed by atoms with Crippen molar-refractivity contribution < 1.29 is 9.53 Å². The van der Waals surface area contributed by atoms with Crippen LogP contribution in [-0.2, 0) is 29.2 Å². The molecule has 1 aromatic carbocycles. The topological polar surface area (TPSA) is 50.4 Å². The number of benzene rings is 1. The van der Waals surface area contributed by atoms with Gasteiger partial charge in [0.15, 0.2) is 0 Å². The summed E-state index contributed by atoms with van der Waals surface area (Å²) in [5.74, 6) is 0.0190. The maximum atomic E-state index is 11.8. The zero-order chi connectivity index (χ0) is 13.9. The third kappa shape index (κ3) is 3.78. The SMILES string of the molecule is COC(C)(C)CC(=O)NCc1ccc2c(c1)CNC2. The third-order valence-corrected chi connectivity index (χ3v) is 3.53. The fourth-order valence-electron chi connectivity index (χ4n) is 2.18. The number of hydrogen-bond donors (Lipinski definition) is 2. The van der Waals surface area contributed by atoms with E-state index < -0.39 is 5.60 Å². The van der Waals surface area contributed by atoms with Gasteiger partial charge in [0.05, 0.1) is 12.0 Å². The molecule has 0 fully saturated rings. The summed E-state index contributed by atoms with van der Waals surface area (Å²) >= 11 is 0. The maximum Gasteiger partial charge on any atom is 0.223 e. The monoisotopic (exact) mass is 262 g/mol. The molecular formula is C15H22N2O2. The molecule has 0 aromatic heterocycles. The highest BCUT2D eigenvalue weighted by molar-refractivity contribution is 5.76. The average molecular weight is 262 g/mol. The molecule has 1 aliphatic heterocycles. The molecule has 0 atom stereocenters. The van der Waals surface area contributed by atoms with Crippen LogP contribution < -0.4 is 10.6 Å². The van der Waals surface area contributed by atoms with Crippen LogP contribution in [0.3, 0.4) is 0 Å². The number of hydrogen-bond acceptors (Lipinski definition) is 3. The number of nitrogens with one attached hydrogen (secondary N) is 2. The highest BCUT2D eigenvalue weighted by Crippen LogP contribution is 2.17.